The summed E-state index contributed by atoms with van der Waals surface area (Å²) in [5.41, 5.74) is 0.956. The standard InChI is InChI=1S/C10H11ClO2/c1-13-10-5-3-2-4-8(10)6-9(11)7-12/h2-5,7,9H,6H2,1H3. The number of methoxy groups -OCH3 is 1. The van der Waals surface area contributed by atoms with Gasteiger partial charge in [-0.3, -0.25) is 0 Å². The van der Waals surface area contributed by atoms with Gasteiger partial charge in [-0.1, -0.05) is 18.2 Å². The van der Waals surface area contributed by atoms with Crippen LogP contribution < -0.4 is 4.74 Å². The third-order valence-corrected chi connectivity index (χ3v) is 2.01. The van der Waals surface area contributed by atoms with E-state index in [1.165, 1.54) is 0 Å². The molecular formula is C10H11ClO2. The van der Waals surface area contributed by atoms with Crippen molar-refractivity contribution in [1.82, 2.24) is 0 Å². The fraction of sp³-hybridized carbons (Fsp3) is 0.300. The second-order valence-electron chi connectivity index (χ2n) is 2.67. The minimum Gasteiger partial charge on any atom is -0.496 e. The fourth-order valence-electron chi connectivity index (χ4n) is 1.13. The van der Waals surface area contributed by atoms with Crippen molar-refractivity contribution >= 4 is 17.9 Å². The molecule has 0 aliphatic rings. The summed E-state index contributed by atoms with van der Waals surface area (Å²) in [6.45, 7) is 0. The second kappa shape index (κ2) is 4.87. The molecule has 0 bridgehead atoms. The Morgan fingerprint density at radius 2 is 2.23 bits per heavy atom. The van der Waals surface area contributed by atoms with E-state index in [-0.39, 0.29) is 0 Å². The van der Waals surface area contributed by atoms with E-state index in [4.69, 9.17) is 16.3 Å². The first-order valence-electron chi connectivity index (χ1n) is 3.99. The maximum Gasteiger partial charge on any atom is 0.138 e. The number of halogens is 1. The van der Waals surface area contributed by atoms with Crippen LogP contribution in [0.25, 0.3) is 0 Å². The van der Waals surface area contributed by atoms with E-state index in [9.17, 15) is 4.79 Å². The molecule has 0 radical (unpaired) electrons. The number of hydrogen-bond acceptors (Lipinski definition) is 2. The van der Waals surface area contributed by atoms with Crippen LogP contribution in [0.5, 0.6) is 5.75 Å². The lowest BCUT2D eigenvalue weighted by Gasteiger charge is -2.07. The quantitative estimate of drug-likeness (QED) is 0.547. The van der Waals surface area contributed by atoms with Crippen LogP contribution in [0.4, 0.5) is 0 Å². The number of rotatable bonds is 4. The van der Waals surface area contributed by atoms with E-state index >= 15 is 0 Å². The molecule has 0 amide bonds. The summed E-state index contributed by atoms with van der Waals surface area (Å²) in [6, 6.07) is 7.53. The van der Waals surface area contributed by atoms with E-state index in [0.717, 1.165) is 17.6 Å². The van der Waals surface area contributed by atoms with Crippen LogP contribution >= 0.6 is 11.6 Å². The Morgan fingerprint density at radius 1 is 1.54 bits per heavy atom. The summed E-state index contributed by atoms with van der Waals surface area (Å²) in [4.78, 5) is 10.3. The largest absolute Gasteiger partial charge is 0.496 e. The van der Waals surface area contributed by atoms with Gasteiger partial charge in [-0.05, 0) is 18.1 Å². The Balaban J connectivity index is 2.80. The monoisotopic (exact) mass is 198 g/mol. The van der Waals surface area contributed by atoms with Gasteiger partial charge in [0.2, 0.25) is 0 Å². The number of aldehydes is 1. The van der Waals surface area contributed by atoms with Crippen LogP contribution in [0.1, 0.15) is 5.56 Å². The highest BCUT2D eigenvalue weighted by Crippen LogP contribution is 2.19. The van der Waals surface area contributed by atoms with Gasteiger partial charge in [-0.25, -0.2) is 0 Å². The van der Waals surface area contributed by atoms with E-state index in [1.54, 1.807) is 7.11 Å². The number of hydrogen-bond donors (Lipinski definition) is 0. The van der Waals surface area contributed by atoms with Gasteiger partial charge in [0.1, 0.15) is 12.0 Å². The summed E-state index contributed by atoms with van der Waals surface area (Å²) >= 11 is 5.71. The zero-order valence-electron chi connectivity index (χ0n) is 7.37. The number of benzene rings is 1. The molecule has 1 atom stereocenters. The molecule has 0 aliphatic carbocycles. The maximum atomic E-state index is 10.3. The highest BCUT2D eigenvalue weighted by molar-refractivity contribution is 6.27. The molecule has 1 unspecified atom stereocenters. The first kappa shape index (κ1) is 10.1. The lowest BCUT2D eigenvalue weighted by atomic mass is 10.1. The van der Waals surface area contributed by atoms with Gasteiger partial charge in [-0.2, -0.15) is 0 Å². The normalized spacial score (nSPS) is 12.2. The van der Waals surface area contributed by atoms with Gasteiger partial charge in [0.15, 0.2) is 0 Å². The molecule has 13 heavy (non-hydrogen) atoms. The predicted octanol–water partition coefficient (Wildman–Crippen LogP) is 2.04. The van der Waals surface area contributed by atoms with Crippen LogP contribution in [0.3, 0.4) is 0 Å². The van der Waals surface area contributed by atoms with Crippen molar-refractivity contribution < 1.29 is 9.53 Å². The van der Waals surface area contributed by atoms with Gasteiger partial charge in [0.25, 0.3) is 0 Å². The average Bonchev–Trinajstić information content (AvgIpc) is 2.18. The van der Waals surface area contributed by atoms with Gasteiger partial charge in [-0.15, -0.1) is 11.6 Å². The number of alkyl halides is 1. The van der Waals surface area contributed by atoms with Crippen molar-refractivity contribution in [2.24, 2.45) is 0 Å². The van der Waals surface area contributed by atoms with Gasteiger partial charge in [0, 0.05) is 0 Å². The van der Waals surface area contributed by atoms with E-state index in [1.807, 2.05) is 24.3 Å². The molecule has 0 N–H and O–H groups in total. The smallest absolute Gasteiger partial charge is 0.138 e. The molecular weight excluding hydrogens is 188 g/mol. The van der Waals surface area contributed by atoms with Crippen LogP contribution in [-0.2, 0) is 11.2 Å². The van der Waals surface area contributed by atoms with E-state index < -0.39 is 5.38 Å². The Labute approximate surface area is 82.5 Å². The molecule has 0 aliphatic heterocycles. The Kier molecular flexibility index (Phi) is 3.77. The summed E-state index contributed by atoms with van der Waals surface area (Å²) in [6.07, 6.45) is 1.24. The predicted molar refractivity (Wildman–Crippen MR) is 52.4 cm³/mol. The SMILES string of the molecule is COc1ccccc1CC(Cl)C=O. The first-order chi connectivity index (χ1) is 6.27. The third-order valence-electron chi connectivity index (χ3n) is 1.76. The Hall–Kier alpha value is -1.02. The zero-order chi connectivity index (χ0) is 9.68. The topological polar surface area (TPSA) is 26.3 Å². The van der Waals surface area contributed by atoms with Crippen molar-refractivity contribution in [1.29, 1.82) is 0 Å². The number of carbonyl (C=O) groups is 1. The van der Waals surface area contributed by atoms with Crippen LogP contribution in [0, 0.1) is 0 Å². The van der Waals surface area contributed by atoms with Gasteiger partial charge >= 0.3 is 0 Å². The molecule has 0 saturated heterocycles. The van der Waals surface area contributed by atoms with E-state index in [0.29, 0.717) is 6.42 Å². The molecule has 0 fully saturated rings. The molecule has 70 valence electrons. The van der Waals surface area contributed by atoms with Crippen LogP contribution in [-0.4, -0.2) is 18.8 Å². The summed E-state index contributed by atoms with van der Waals surface area (Å²) in [5, 5.41) is -0.476. The molecule has 0 spiro atoms. The summed E-state index contributed by atoms with van der Waals surface area (Å²) in [5.74, 6) is 0.773. The highest BCUT2D eigenvalue weighted by Gasteiger charge is 2.07. The minimum absolute atomic E-state index is 0.476. The fourth-order valence-corrected chi connectivity index (χ4v) is 1.30. The summed E-state index contributed by atoms with van der Waals surface area (Å²) < 4.78 is 5.12. The minimum atomic E-state index is -0.476. The number of ether oxygens (including phenoxy) is 1. The molecule has 3 heteroatoms. The van der Waals surface area contributed by atoms with Gasteiger partial charge in [0.05, 0.1) is 12.5 Å². The molecule has 1 aromatic rings. The first-order valence-corrected chi connectivity index (χ1v) is 4.43. The van der Waals surface area contributed by atoms with Crippen molar-refractivity contribution in [2.75, 3.05) is 7.11 Å². The van der Waals surface area contributed by atoms with Crippen molar-refractivity contribution in [2.45, 2.75) is 11.8 Å². The van der Waals surface area contributed by atoms with Crippen molar-refractivity contribution in [3.8, 4) is 5.75 Å². The molecule has 0 saturated carbocycles. The summed E-state index contributed by atoms with van der Waals surface area (Å²) in [7, 11) is 1.60. The Morgan fingerprint density at radius 3 is 2.85 bits per heavy atom. The maximum absolute atomic E-state index is 10.3. The highest BCUT2D eigenvalue weighted by atomic mass is 35.5. The Bertz CT molecular complexity index is 286. The lowest BCUT2D eigenvalue weighted by molar-refractivity contribution is -0.107. The van der Waals surface area contributed by atoms with Crippen molar-refractivity contribution in [3.05, 3.63) is 29.8 Å². The van der Waals surface area contributed by atoms with Crippen LogP contribution in [0.2, 0.25) is 0 Å². The molecule has 0 aromatic heterocycles. The zero-order valence-corrected chi connectivity index (χ0v) is 8.12. The van der Waals surface area contributed by atoms with E-state index in [2.05, 4.69) is 0 Å². The third kappa shape index (κ3) is 2.74. The second-order valence-corrected chi connectivity index (χ2v) is 3.23. The van der Waals surface area contributed by atoms with Crippen molar-refractivity contribution in [3.63, 3.8) is 0 Å². The number of para-hydroxylation sites is 1. The number of carbonyl (C=O) groups excluding carboxylic acids is 1. The average molecular weight is 199 g/mol. The molecule has 2 nitrogen and oxygen atoms in total. The lowest BCUT2D eigenvalue weighted by Crippen LogP contribution is -2.05. The van der Waals surface area contributed by atoms with Gasteiger partial charge < -0.3 is 9.53 Å². The molecule has 1 aromatic carbocycles. The molecule has 1 rings (SSSR count). The van der Waals surface area contributed by atoms with Crippen LogP contribution in [0.15, 0.2) is 24.3 Å². The molecule has 0 heterocycles.